The van der Waals surface area contributed by atoms with Crippen LogP contribution in [0.25, 0.3) is 0 Å². The summed E-state index contributed by atoms with van der Waals surface area (Å²) in [4.78, 5) is 12.9. The first kappa shape index (κ1) is 26.1. The molecule has 1 amide bonds. The number of nitrogens with zero attached hydrogens (tertiary/aromatic N) is 2. The second-order valence-electron chi connectivity index (χ2n) is 7.09. The van der Waals surface area contributed by atoms with E-state index in [9.17, 15) is 39.6 Å². The molecule has 3 rings (SSSR count). The second-order valence-corrected chi connectivity index (χ2v) is 8.61. The quantitative estimate of drug-likeness (QED) is 0.582. The molecule has 0 aliphatic carbocycles. The second kappa shape index (κ2) is 9.24. The topological polar surface area (TPSA) is 88.1 Å². The van der Waals surface area contributed by atoms with Crippen LogP contribution in [-0.4, -0.2) is 38.0 Å². The van der Waals surface area contributed by atoms with Crippen LogP contribution < -0.4 is 10.1 Å². The number of halogens is 6. The first-order chi connectivity index (χ1) is 16.2. The molecule has 1 N–H and O–H groups in total. The molecule has 0 spiro atoms. The van der Waals surface area contributed by atoms with Crippen LogP contribution in [0.15, 0.2) is 58.6 Å². The molecule has 14 heteroatoms. The zero-order valence-corrected chi connectivity index (χ0v) is 18.8. The molecule has 188 valence electrons. The number of carbonyl (C=O) groups excluding carboxylic acids is 1. The molecule has 1 aliphatic rings. The molecule has 0 fully saturated rings. The van der Waals surface area contributed by atoms with Crippen molar-refractivity contribution in [2.75, 3.05) is 19.0 Å². The minimum Gasteiger partial charge on any atom is -0.496 e. The van der Waals surface area contributed by atoms with Crippen molar-refractivity contribution >= 4 is 27.5 Å². The first-order valence-corrected chi connectivity index (χ1v) is 11.2. The van der Waals surface area contributed by atoms with Crippen molar-refractivity contribution in [1.29, 1.82) is 0 Å². The fourth-order valence-electron chi connectivity index (χ4n) is 3.23. The molecule has 1 heterocycles. The third-order valence-corrected chi connectivity index (χ3v) is 6.24. The number of hydrogen-bond donors (Lipinski definition) is 1. The van der Waals surface area contributed by atoms with Crippen LogP contribution in [0.2, 0.25) is 0 Å². The fraction of sp³-hybridized carbons (Fsp3) is 0.238. The van der Waals surface area contributed by atoms with Crippen molar-refractivity contribution < 1.29 is 44.3 Å². The SMILES string of the molecule is CCN1C(C(=O)Nc2cccc(C(F)(F)F)c2)=CC(c2ccc(C(F)(F)F)c(OC)c2)=NS1(=O)=O. The zero-order chi connectivity index (χ0) is 26.2. The molecule has 0 atom stereocenters. The zero-order valence-electron chi connectivity index (χ0n) is 18.0. The highest BCUT2D eigenvalue weighted by Gasteiger charge is 2.36. The summed E-state index contributed by atoms with van der Waals surface area (Å²) in [6, 6.07) is 6.24. The number of alkyl halides is 6. The number of allylic oxidation sites excluding steroid dienone is 1. The lowest BCUT2D eigenvalue weighted by Gasteiger charge is -2.26. The average Bonchev–Trinajstić information content (AvgIpc) is 2.76. The highest BCUT2D eigenvalue weighted by atomic mass is 32.2. The van der Waals surface area contributed by atoms with Crippen LogP contribution in [0, 0.1) is 0 Å². The van der Waals surface area contributed by atoms with Gasteiger partial charge in [-0.3, -0.25) is 4.79 Å². The first-order valence-electron chi connectivity index (χ1n) is 9.76. The van der Waals surface area contributed by atoms with Crippen molar-refractivity contribution in [2.45, 2.75) is 19.3 Å². The fourth-order valence-corrected chi connectivity index (χ4v) is 4.44. The van der Waals surface area contributed by atoms with Crippen molar-refractivity contribution in [3.8, 4) is 5.75 Å². The van der Waals surface area contributed by atoms with Gasteiger partial charge in [-0.15, -0.1) is 4.40 Å². The van der Waals surface area contributed by atoms with Gasteiger partial charge < -0.3 is 10.1 Å². The summed E-state index contributed by atoms with van der Waals surface area (Å²) in [5.41, 5.74) is -3.35. The van der Waals surface area contributed by atoms with E-state index >= 15 is 0 Å². The summed E-state index contributed by atoms with van der Waals surface area (Å²) >= 11 is 0. The lowest BCUT2D eigenvalue weighted by Crippen LogP contribution is -2.38. The normalized spacial score (nSPS) is 15.8. The molecule has 35 heavy (non-hydrogen) atoms. The summed E-state index contributed by atoms with van der Waals surface area (Å²) in [6.45, 7) is 1.14. The smallest absolute Gasteiger partial charge is 0.419 e. The lowest BCUT2D eigenvalue weighted by atomic mass is 10.0. The molecule has 0 saturated carbocycles. The summed E-state index contributed by atoms with van der Waals surface area (Å²) in [5.74, 6) is -1.67. The van der Waals surface area contributed by atoms with Crippen LogP contribution in [0.4, 0.5) is 32.0 Å². The Hall–Kier alpha value is -3.55. The maximum atomic E-state index is 13.2. The number of anilines is 1. The standard InChI is InChI=1S/C21H17F6N3O4S/c1-3-30-17(19(31)28-14-6-4-5-13(10-14)20(22,23)24)11-16(29-35(30,32)33)12-7-8-15(21(25,26)27)18(9-12)34-2/h4-11H,3H2,1-2H3,(H,28,31). The highest BCUT2D eigenvalue weighted by Crippen LogP contribution is 2.37. The van der Waals surface area contributed by atoms with E-state index in [1.165, 1.54) is 13.0 Å². The van der Waals surface area contributed by atoms with E-state index in [1.807, 2.05) is 0 Å². The average molecular weight is 521 g/mol. The van der Waals surface area contributed by atoms with E-state index in [-0.39, 0.29) is 23.5 Å². The van der Waals surface area contributed by atoms with Crippen molar-refractivity contribution in [3.63, 3.8) is 0 Å². The Morgan fingerprint density at radius 3 is 2.31 bits per heavy atom. The molecule has 2 aromatic carbocycles. The number of methoxy groups -OCH3 is 1. The van der Waals surface area contributed by atoms with Crippen molar-refractivity contribution in [3.05, 3.63) is 70.9 Å². The van der Waals surface area contributed by atoms with Gasteiger partial charge in [0.15, 0.2) is 0 Å². The predicted octanol–water partition coefficient (Wildman–Crippen LogP) is 4.62. The molecule has 0 saturated heterocycles. The minimum absolute atomic E-state index is 0.0986. The predicted molar refractivity (Wildman–Crippen MR) is 114 cm³/mol. The maximum absolute atomic E-state index is 13.2. The van der Waals surface area contributed by atoms with Crippen molar-refractivity contribution in [1.82, 2.24) is 4.31 Å². The van der Waals surface area contributed by atoms with Crippen LogP contribution in [0.1, 0.15) is 23.6 Å². The van der Waals surface area contributed by atoms with E-state index in [2.05, 4.69) is 9.71 Å². The number of ether oxygens (including phenoxy) is 1. The lowest BCUT2D eigenvalue weighted by molar-refractivity contribution is -0.139. The molecule has 1 aliphatic heterocycles. The maximum Gasteiger partial charge on any atom is 0.419 e. The van der Waals surface area contributed by atoms with Gasteiger partial charge in [-0.2, -0.15) is 34.8 Å². The third-order valence-electron chi connectivity index (χ3n) is 4.80. The number of benzene rings is 2. The van der Waals surface area contributed by atoms with Gasteiger partial charge in [-0.05, 0) is 43.3 Å². The van der Waals surface area contributed by atoms with Gasteiger partial charge >= 0.3 is 22.6 Å². The van der Waals surface area contributed by atoms with E-state index < -0.39 is 51.0 Å². The van der Waals surface area contributed by atoms with E-state index in [0.717, 1.165) is 37.5 Å². The number of nitrogens with one attached hydrogen (secondary N) is 1. The van der Waals surface area contributed by atoms with Gasteiger partial charge in [-0.1, -0.05) is 12.1 Å². The number of carbonyl (C=O) groups is 1. The molecule has 0 radical (unpaired) electrons. The Labute approximate surface area is 195 Å². The largest absolute Gasteiger partial charge is 0.496 e. The Morgan fingerprint density at radius 2 is 1.74 bits per heavy atom. The molecule has 0 unspecified atom stereocenters. The van der Waals surface area contributed by atoms with Gasteiger partial charge in [0.25, 0.3) is 5.91 Å². The van der Waals surface area contributed by atoms with E-state index in [4.69, 9.17) is 4.74 Å². The van der Waals surface area contributed by atoms with Gasteiger partial charge in [0, 0.05) is 17.8 Å². The Bertz CT molecular complexity index is 1320. The Balaban J connectivity index is 2.04. The molecule has 0 aromatic heterocycles. The molecule has 2 aromatic rings. The number of amides is 1. The van der Waals surface area contributed by atoms with Crippen LogP contribution in [-0.2, 0) is 27.4 Å². The van der Waals surface area contributed by atoms with Crippen molar-refractivity contribution in [2.24, 2.45) is 4.40 Å². The molecule has 0 bridgehead atoms. The number of likely N-dealkylation sites (N-methyl/N-ethyl adjacent to an activating group) is 1. The third kappa shape index (κ3) is 5.58. The summed E-state index contributed by atoms with van der Waals surface area (Å²) in [6.07, 6.45) is -8.41. The summed E-state index contributed by atoms with van der Waals surface area (Å²) in [5, 5.41) is 2.21. The Morgan fingerprint density at radius 1 is 1.06 bits per heavy atom. The van der Waals surface area contributed by atoms with Crippen LogP contribution in [0.3, 0.4) is 0 Å². The monoisotopic (exact) mass is 521 g/mol. The van der Waals surface area contributed by atoms with Gasteiger partial charge in [-0.25, -0.2) is 4.31 Å². The number of hydrogen-bond acceptors (Lipinski definition) is 4. The van der Waals surface area contributed by atoms with Crippen LogP contribution >= 0.6 is 0 Å². The van der Waals surface area contributed by atoms with E-state index in [1.54, 1.807) is 0 Å². The molecular formula is C21H17F6N3O4S. The van der Waals surface area contributed by atoms with Gasteiger partial charge in [0.1, 0.15) is 11.4 Å². The molecule has 7 nitrogen and oxygen atoms in total. The molecular weight excluding hydrogens is 504 g/mol. The summed E-state index contributed by atoms with van der Waals surface area (Å²) < 4.78 is 113. The van der Waals surface area contributed by atoms with Crippen LogP contribution in [0.5, 0.6) is 5.75 Å². The van der Waals surface area contributed by atoms with Gasteiger partial charge in [0.05, 0.1) is 23.9 Å². The van der Waals surface area contributed by atoms with Gasteiger partial charge in [0.2, 0.25) is 0 Å². The highest BCUT2D eigenvalue weighted by molar-refractivity contribution is 7.88. The van der Waals surface area contributed by atoms with E-state index in [0.29, 0.717) is 16.4 Å². The summed E-state index contributed by atoms with van der Waals surface area (Å²) in [7, 11) is -3.50. The Kier molecular flexibility index (Phi) is 6.88. The number of rotatable bonds is 5. The minimum atomic E-state index is -4.74.